The number of anilines is 2. The molecule has 1 N–H and O–H groups in total. The first-order valence-electron chi connectivity index (χ1n) is 13.3. The van der Waals surface area contributed by atoms with Gasteiger partial charge < -0.3 is 15.0 Å². The molecule has 0 radical (unpaired) electrons. The van der Waals surface area contributed by atoms with Gasteiger partial charge in [-0.1, -0.05) is 29.8 Å². The molecule has 0 saturated carbocycles. The van der Waals surface area contributed by atoms with Crippen molar-refractivity contribution in [3.8, 4) is 0 Å². The quantitative estimate of drug-likeness (QED) is 0.337. The van der Waals surface area contributed by atoms with Crippen LogP contribution in [0.3, 0.4) is 0 Å². The van der Waals surface area contributed by atoms with Crippen molar-refractivity contribution < 1.29 is 14.3 Å². The van der Waals surface area contributed by atoms with Gasteiger partial charge in [-0.05, 0) is 36.8 Å². The van der Waals surface area contributed by atoms with E-state index in [9.17, 15) is 19.2 Å². The first-order valence-corrected chi connectivity index (χ1v) is 13.3. The van der Waals surface area contributed by atoms with Crippen molar-refractivity contribution in [3.05, 3.63) is 86.1 Å². The number of imidazole rings is 1. The van der Waals surface area contributed by atoms with Crippen LogP contribution in [0, 0.1) is 6.92 Å². The fourth-order valence-electron chi connectivity index (χ4n) is 5.02. The summed E-state index contributed by atoms with van der Waals surface area (Å²) in [5, 5.41) is 2.87. The SMILES string of the molecule is COC(=O)c1ccc(NC(=O)CN2CCN(c3nc4c(c(=O)n(C)c(=O)n4C)n3Cc3ccc(C)cc3)CC2)cc1. The smallest absolute Gasteiger partial charge is 0.337 e. The van der Waals surface area contributed by atoms with Crippen LogP contribution in [0.4, 0.5) is 11.6 Å². The average molecular weight is 560 g/mol. The van der Waals surface area contributed by atoms with Gasteiger partial charge in [0.1, 0.15) is 0 Å². The lowest BCUT2D eigenvalue weighted by atomic mass is 10.1. The van der Waals surface area contributed by atoms with Gasteiger partial charge in [0.15, 0.2) is 11.2 Å². The highest BCUT2D eigenvalue weighted by Gasteiger charge is 2.26. The lowest BCUT2D eigenvalue weighted by Crippen LogP contribution is -2.49. The minimum Gasteiger partial charge on any atom is -0.465 e. The van der Waals surface area contributed by atoms with Crippen LogP contribution in [-0.2, 0) is 30.2 Å². The zero-order valence-electron chi connectivity index (χ0n) is 23.6. The van der Waals surface area contributed by atoms with Crippen LogP contribution in [0.25, 0.3) is 11.2 Å². The summed E-state index contributed by atoms with van der Waals surface area (Å²) in [6.45, 7) is 5.06. The van der Waals surface area contributed by atoms with E-state index < -0.39 is 11.7 Å². The lowest BCUT2D eigenvalue weighted by Gasteiger charge is -2.35. The number of carbonyl (C=O) groups is 2. The van der Waals surface area contributed by atoms with Crippen LogP contribution < -0.4 is 21.5 Å². The number of fused-ring (bicyclic) bond motifs is 1. The normalized spacial score (nSPS) is 13.9. The maximum Gasteiger partial charge on any atom is 0.337 e. The average Bonchev–Trinajstić information content (AvgIpc) is 3.35. The molecule has 1 saturated heterocycles. The van der Waals surface area contributed by atoms with Gasteiger partial charge in [-0.15, -0.1) is 0 Å². The molecule has 2 aromatic carbocycles. The molecule has 1 aliphatic rings. The molecule has 1 amide bonds. The maximum atomic E-state index is 13.2. The van der Waals surface area contributed by atoms with E-state index in [1.807, 2.05) is 35.8 Å². The number of hydrogen-bond donors (Lipinski definition) is 1. The molecule has 5 rings (SSSR count). The second kappa shape index (κ2) is 11.4. The van der Waals surface area contributed by atoms with Crippen LogP contribution in [0.15, 0.2) is 58.1 Å². The van der Waals surface area contributed by atoms with E-state index in [0.29, 0.717) is 61.1 Å². The van der Waals surface area contributed by atoms with E-state index in [1.54, 1.807) is 31.3 Å². The third-order valence-corrected chi connectivity index (χ3v) is 7.40. The monoisotopic (exact) mass is 559 g/mol. The fourth-order valence-corrected chi connectivity index (χ4v) is 5.02. The Kier molecular flexibility index (Phi) is 7.75. The summed E-state index contributed by atoms with van der Waals surface area (Å²) < 4.78 is 9.11. The molecule has 0 atom stereocenters. The van der Waals surface area contributed by atoms with E-state index in [0.717, 1.165) is 15.7 Å². The van der Waals surface area contributed by atoms with E-state index >= 15 is 0 Å². The summed E-state index contributed by atoms with van der Waals surface area (Å²) >= 11 is 0. The predicted molar refractivity (Wildman–Crippen MR) is 156 cm³/mol. The predicted octanol–water partition coefficient (Wildman–Crippen LogP) is 1.34. The molecule has 3 heterocycles. The minimum absolute atomic E-state index is 0.158. The van der Waals surface area contributed by atoms with E-state index in [1.165, 1.54) is 18.7 Å². The van der Waals surface area contributed by atoms with E-state index in [2.05, 4.69) is 15.1 Å². The number of piperazine rings is 1. The van der Waals surface area contributed by atoms with Crippen LogP contribution >= 0.6 is 0 Å². The molecule has 0 bridgehead atoms. The standard InChI is InChI=1S/C29H33N7O5/c1-19-5-7-20(8-6-19)17-36-24-25(32(2)29(40)33(3)26(24)38)31-28(36)35-15-13-34(14-16-35)18-23(37)30-22-11-9-21(10-12-22)27(39)41-4/h5-12H,13-18H2,1-4H3,(H,30,37). The Hall–Kier alpha value is -4.71. The van der Waals surface area contributed by atoms with Gasteiger partial charge in [0, 0.05) is 46.0 Å². The Balaban J connectivity index is 1.33. The molecule has 12 heteroatoms. The van der Waals surface area contributed by atoms with E-state index in [4.69, 9.17) is 9.72 Å². The van der Waals surface area contributed by atoms with Gasteiger partial charge in [0.2, 0.25) is 11.9 Å². The molecular weight excluding hydrogens is 526 g/mol. The van der Waals surface area contributed by atoms with Gasteiger partial charge in [-0.25, -0.2) is 9.59 Å². The number of methoxy groups -OCH3 is 1. The molecule has 12 nitrogen and oxygen atoms in total. The van der Waals surface area contributed by atoms with Crippen molar-refractivity contribution in [3.63, 3.8) is 0 Å². The number of carbonyl (C=O) groups excluding carboxylic acids is 2. The van der Waals surface area contributed by atoms with E-state index in [-0.39, 0.29) is 18.0 Å². The second-order valence-corrected chi connectivity index (χ2v) is 10.2. The third kappa shape index (κ3) is 5.64. The number of nitrogens with zero attached hydrogens (tertiary/aromatic N) is 6. The Morgan fingerprint density at radius 1 is 0.927 bits per heavy atom. The van der Waals surface area contributed by atoms with Crippen molar-refractivity contribution in [2.45, 2.75) is 13.5 Å². The number of aryl methyl sites for hydroxylation is 2. The summed E-state index contributed by atoms with van der Waals surface area (Å²) in [6.07, 6.45) is 0. The second-order valence-electron chi connectivity index (χ2n) is 10.2. The largest absolute Gasteiger partial charge is 0.465 e. The summed E-state index contributed by atoms with van der Waals surface area (Å²) in [6, 6.07) is 14.6. The van der Waals surface area contributed by atoms with Crippen LogP contribution in [-0.4, -0.2) is 75.3 Å². The van der Waals surface area contributed by atoms with Crippen LogP contribution in [0.5, 0.6) is 0 Å². The lowest BCUT2D eigenvalue weighted by molar-refractivity contribution is -0.117. The maximum absolute atomic E-state index is 13.2. The van der Waals surface area contributed by atoms with Crippen molar-refractivity contribution in [2.24, 2.45) is 14.1 Å². The molecule has 1 aliphatic heterocycles. The number of ether oxygens (including phenoxy) is 1. The molecular formula is C29H33N7O5. The fraction of sp³-hybridized carbons (Fsp3) is 0.345. The summed E-state index contributed by atoms with van der Waals surface area (Å²) in [4.78, 5) is 59.1. The summed E-state index contributed by atoms with van der Waals surface area (Å²) in [5.41, 5.74) is 3.08. The highest BCUT2D eigenvalue weighted by molar-refractivity contribution is 5.94. The number of benzene rings is 2. The molecule has 4 aromatic rings. The Labute approximate surface area is 236 Å². The van der Waals surface area contributed by atoms with Crippen LogP contribution in [0.1, 0.15) is 21.5 Å². The molecule has 41 heavy (non-hydrogen) atoms. The first-order chi connectivity index (χ1) is 19.7. The number of aromatic nitrogens is 4. The molecule has 1 fully saturated rings. The molecule has 0 unspecified atom stereocenters. The number of amides is 1. The number of esters is 1. The van der Waals surface area contributed by atoms with Crippen molar-refractivity contribution in [1.29, 1.82) is 0 Å². The zero-order valence-corrected chi connectivity index (χ0v) is 23.6. The highest BCUT2D eigenvalue weighted by atomic mass is 16.5. The molecule has 0 aliphatic carbocycles. The van der Waals surface area contributed by atoms with Gasteiger partial charge in [0.25, 0.3) is 5.56 Å². The van der Waals surface area contributed by atoms with Gasteiger partial charge in [0.05, 0.1) is 25.8 Å². The Bertz CT molecular complexity index is 1710. The zero-order chi connectivity index (χ0) is 29.3. The van der Waals surface area contributed by atoms with Crippen LogP contribution in [0.2, 0.25) is 0 Å². The number of hydrogen-bond acceptors (Lipinski definition) is 8. The Morgan fingerprint density at radius 2 is 1.59 bits per heavy atom. The number of nitrogens with one attached hydrogen (secondary N) is 1. The first kappa shape index (κ1) is 27.8. The molecule has 214 valence electrons. The highest BCUT2D eigenvalue weighted by Crippen LogP contribution is 2.23. The molecule has 2 aromatic heterocycles. The Morgan fingerprint density at radius 3 is 2.22 bits per heavy atom. The summed E-state index contributed by atoms with van der Waals surface area (Å²) in [7, 11) is 4.42. The summed E-state index contributed by atoms with van der Waals surface area (Å²) in [5.74, 6) is 0.0266. The number of rotatable bonds is 7. The van der Waals surface area contributed by atoms with Gasteiger partial charge >= 0.3 is 11.7 Å². The van der Waals surface area contributed by atoms with Crippen molar-refractivity contribution in [2.75, 3.05) is 50.1 Å². The van der Waals surface area contributed by atoms with Gasteiger partial charge in [-0.3, -0.25) is 28.2 Å². The van der Waals surface area contributed by atoms with Crippen molar-refractivity contribution in [1.82, 2.24) is 23.6 Å². The van der Waals surface area contributed by atoms with Gasteiger partial charge in [-0.2, -0.15) is 4.98 Å². The topological polar surface area (TPSA) is 124 Å². The third-order valence-electron chi connectivity index (χ3n) is 7.40. The molecule has 0 spiro atoms. The van der Waals surface area contributed by atoms with Crippen molar-refractivity contribution >= 4 is 34.7 Å². The minimum atomic E-state index is -0.435.